The number of fused-ring (bicyclic) bond motifs is 1. The lowest BCUT2D eigenvalue weighted by Gasteiger charge is -2.14. The third-order valence-corrected chi connectivity index (χ3v) is 8.96. The molecule has 3 N–H and O–H groups in total. The quantitative estimate of drug-likeness (QED) is 0.195. The van der Waals surface area contributed by atoms with Gasteiger partial charge in [0, 0.05) is 18.1 Å². The van der Waals surface area contributed by atoms with Gasteiger partial charge in [-0.2, -0.15) is 5.10 Å². The highest BCUT2D eigenvalue weighted by atomic mass is 32.2. The Morgan fingerprint density at radius 1 is 1.16 bits per heavy atom. The van der Waals surface area contributed by atoms with Crippen LogP contribution in [-0.4, -0.2) is 41.4 Å². The molecule has 1 fully saturated rings. The second kappa shape index (κ2) is 11.5. The maximum Gasteiger partial charge on any atom is 0.232 e. The summed E-state index contributed by atoms with van der Waals surface area (Å²) in [5.41, 5.74) is 11.0. The first-order valence-electron chi connectivity index (χ1n) is 14.0. The number of nitrogen functional groups attached to an aromatic ring is 1. The van der Waals surface area contributed by atoms with Crippen LogP contribution in [0.1, 0.15) is 57.8 Å². The van der Waals surface area contributed by atoms with E-state index in [-0.39, 0.29) is 47.6 Å². The normalized spacial score (nSPS) is 14.3. The molecule has 228 valence electrons. The lowest BCUT2D eigenvalue weighted by atomic mass is 10.00. The van der Waals surface area contributed by atoms with Gasteiger partial charge in [0.15, 0.2) is 17.4 Å². The van der Waals surface area contributed by atoms with E-state index in [1.165, 1.54) is 29.2 Å². The zero-order valence-corrected chi connectivity index (χ0v) is 24.4. The van der Waals surface area contributed by atoms with Gasteiger partial charge in [-0.3, -0.25) is 13.9 Å². The van der Waals surface area contributed by atoms with Crippen LogP contribution in [0.4, 0.5) is 24.7 Å². The Kier molecular flexibility index (Phi) is 7.66. The van der Waals surface area contributed by atoms with Crippen molar-refractivity contribution in [3.05, 3.63) is 93.8 Å². The van der Waals surface area contributed by atoms with Crippen molar-refractivity contribution in [1.82, 2.24) is 14.8 Å². The number of nitrogens with one attached hydrogen (secondary N) is 1. The maximum absolute atomic E-state index is 14.0. The first-order valence-corrected chi connectivity index (χ1v) is 15.6. The van der Waals surface area contributed by atoms with E-state index in [0.717, 1.165) is 41.7 Å². The number of carbonyl (C=O) groups is 1. The average molecular weight is 624 g/mol. The number of anilines is 2. The first kappa shape index (κ1) is 29.4. The van der Waals surface area contributed by atoms with Crippen LogP contribution in [0.3, 0.4) is 0 Å². The topological polar surface area (TPSA) is 129 Å². The summed E-state index contributed by atoms with van der Waals surface area (Å²) in [5, 5.41) is 4.29. The number of sulfonamides is 1. The van der Waals surface area contributed by atoms with E-state index in [4.69, 9.17) is 10.5 Å². The summed E-state index contributed by atoms with van der Waals surface area (Å²) >= 11 is 0. The number of allylic oxidation sites excluding steroid dienone is 1. The number of para-hydroxylation sites is 1. The van der Waals surface area contributed by atoms with Crippen LogP contribution in [0.5, 0.6) is 11.6 Å². The summed E-state index contributed by atoms with van der Waals surface area (Å²) in [6.07, 6.45) is 6.57. The first-order chi connectivity index (χ1) is 21.0. The second-order valence-corrected chi connectivity index (χ2v) is 12.7. The number of carbonyl (C=O) groups excluding carboxylic acids is 1. The largest absolute Gasteiger partial charge is 0.433 e. The standard InChI is InChI=1S/C31H28F3N5O4S/c1-17-10-28(43-30-24(33)4-2-5-25(30)34)36-16-27(17)39-31(35)23(15-37-39)29(40)21-11-19-13-22(18-6-7-18)26(14-20(19)12-21)38-44(41,42)9-3-8-32/h2,4-5,10-11,13-16,18,38H,3,6-9,12,35H2,1H3. The fraction of sp³-hybridized carbons (Fsp3) is 0.258. The molecule has 0 amide bonds. The Hall–Kier alpha value is -4.65. The van der Waals surface area contributed by atoms with Crippen molar-refractivity contribution in [2.45, 2.75) is 38.5 Å². The van der Waals surface area contributed by atoms with Crippen molar-refractivity contribution < 1.29 is 31.1 Å². The molecule has 0 aliphatic heterocycles. The minimum atomic E-state index is -3.72. The average Bonchev–Trinajstić information content (AvgIpc) is 3.63. The minimum absolute atomic E-state index is 0.0409. The van der Waals surface area contributed by atoms with Crippen LogP contribution >= 0.6 is 0 Å². The molecule has 2 heterocycles. The number of halogens is 3. The van der Waals surface area contributed by atoms with Crippen LogP contribution < -0.4 is 15.2 Å². The number of rotatable bonds is 11. The number of pyridine rings is 1. The third-order valence-electron chi connectivity index (χ3n) is 7.61. The maximum atomic E-state index is 14.0. The molecule has 13 heteroatoms. The number of hydrogen-bond acceptors (Lipinski definition) is 7. The number of hydrogen-bond donors (Lipinski definition) is 2. The van der Waals surface area contributed by atoms with Crippen LogP contribution in [-0.2, 0) is 16.4 Å². The Balaban J connectivity index is 1.23. The van der Waals surface area contributed by atoms with Gasteiger partial charge in [-0.05, 0) is 84.7 Å². The smallest absolute Gasteiger partial charge is 0.232 e. The molecule has 0 unspecified atom stereocenters. The number of Topliss-reactive ketones (excluding diaryl/α,β-unsaturated/α-hetero) is 1. The number of ketones is 1. The van der Waals surface area contributed by atoms with Crippen LogP contribution in [0.15, 0.2) is 54.4 Å². The van der Waals surface area contributed by atoms with Gasteiger partial charge in [0.25, 0.3) is 0 Å². The fourth-order valence-corrected chi connectivity index (χ4v) is 6.33. The zero-order valence-electron chi connectivity index (χ0n) is 23.6. The van der Waals surface area contributed by atoms with Crippen molar-refractivity contribution in [2.24, 2.45) is 0 Å². The van der Waals surface area contributed by atoms with E-state index in [2.05, 4.69) is 14.8 Å². The predicted octanol–water partition coefficient (Wildman–Crippen LogP) is 6.03. The van der Waals surface area contributed by atoms with Crippen LogP contribution in [0, 0.1) is 18.6 Å². The number of alkyl halides is 1. The van der Waals surface area contributed by atoms with Gasteiger partial charge in [-0.25, -0.2) is 26.9 Å². The molecule has 9 nitrogen and oxygen atoms in total. The second-order valence-electron chi connectivity index (χ2n) is 10.9. The number of ether oxygens (including phenoxy) is 1. The van der Waals surface area contributed by atoms with Gasteiger partial charge in [0.05, 0.1) is 41.8 Å². The highest BCUT2D eigenvalue weighted by Crippen LogP contribution is 2.46. The molecule has 6 rings (SSSR count). The minimum Gasteiger partial charge on any atom is -0.433 e. The molecule has 2 aromatic heterocycles. The molecule has 0 saturated heterocycles. The number of nitrogens with two attached hydrogens (primary N) is 1. The van der Waals surface area contributed by atoms with Crippen LogP contribution in [0.2, 0.25) is 0 Å². The molecule has 0 radical (unpaired) electrons. The fourth-order valence-electron chi connectivity index (χ4n) is 5.22. The molecule has 44 heavy (non-hydrogen) atoms. The Morgan fingerprint density at radius 2 is 1.91 bits per heavy atom. The molecular weight excluding hydrogens is 595 g/mol. The molecule has 0 bridgehead atoms. The molecule has 2 aromatic carbocycles. The molecule has 2 aliphatic rings. The van der Waals surface area contributed by atoms with E-state index < -0.39 is 34.1 Å². The monoisotopic (exact) mass is 623 g/mol. The van der Waals surface area contributed by atoms with E-state index >= 15 is 0 Å². The Bertz CT molecular complexity index is 1920. The molecule has 0 atom stereocenters. The Labute approximate surface area is 251 Å². The molecule has 0 spiro atoms. The summed E-state index contributed by atoms with van der Waals surface area (Å²) in [6, 6.07) is 8.52. The predicted molar refractivity (Wildman–Crippen MR) is 159 cm³/mol. The molecular formula is C31H28F3N5O4S. The van der Waals surface area contributed by atoms with Gasteiger partial charge in [-0.15, -0.1) is 0 Å². The molecule has 4 aromatic rings. The van der Waals surface area contributed by atoms with E-state index in [1.54, 1.807) is 19.1 Å². The van der Waals surface area contributed by atoms with E-state index in [1.807, 2.05) is 6.07 Å². The molecule has 1 saturated carbocycles. The van der Waals surface area contributed by atoms with Crippen molar-refractivity contribution in [2.75, 3.05) is 22.9 Å². The highest BCUT2D eigenvalue weighted by Gasteiger charge is 2.31. The lowest BCUT2D eigenvalue weighted by Crippen LogP contribution is -2.18. The van der Waals surface area contributed by atoms with E-state index in [0.29, 0.717) is 22.5 Å². The number of benzene rings is 2. The van der Waals surface area contributed by atoms with E-state index in [9.17, 15) is 26.4 Å². The number of aromatic nitrogens is 3. The molecule has 2 aliphatic carbocycles. The van der Waals surface area contributed by atoms with Crippen molar-refractivity contribution in [3.63, 3.8) is 0 Å². The summed E-state index contributed by atoms with van der Waals surface area (Å²) < 4.78 is 74.9. The Morgan fingerprint density at radius 3 is 2.59 bits per heavy atom. The van der Waals surface area contributed by atoms with Crippen molar-refractivity contribution in [1.29, 1.82) is 0 Å². The SMILES string of the molecule is Cc1cc(Oc2c(F)cccc2F)ncc1-n1ncc(C(=O)C2=Cc3cc(C4CC4)c(NS(=O)(=O)CCCF)cc3C2)c1N. The summed E-state index contributed by atoms with van der Waals surface area (Å²) in [4.78, 5) is 17.7. The lowest BCUT2D eigenvalue weighted by molar-refractivity contribution is 0.103. The number of aryl methyl sites for hydroxylation is 1. The third kappa shape index (κ3) is 5.79. The summed E-state index contributed by atoms with van der Waals surface area (Å²) in [7, 11) is -3.72. The van der Waals surface area contributed by atoms with Gasteiger partial charge in [-0.1, -0.05) is 6.07 Å². The van der Waals surface area contributed by atoms with Gasteiger partial charge in [0.1, 0.15) is 5.82 Å². The number of nitrogens with zero attached hydrogens (tertiary/aromatic N) is 3. The summed E-state index contributed by atoms with van der Waals surface area (Å²) in [5.74, 6) is -2.70. The summed E-state index contributed by atoms with van der Waals surface area (Å²) in [6.45, 7) is 0.989. The van der Waals surface area contributed by atoms with Gasteiger partial charge < -0.3 is 10.5 Å². The van der Waals surface area contributed by atoms with Gasteiger partial charge in [0.2, 0.25) is 21.7 Å². The van der Waals surface area contributed by atoms with Crippen molar-refractivity contribution >= 4 is 33.4 Å². The van der Waals surface area contributed by atoms with Crippen molar-refractivity contribution in [3.8, 4) is 17.3 Å². The van der Waals surface area contributed by atoms with Gasteiger partial charge >= 0.3 is 0 Å². The highest BCUT2D eigenvalue weighted by molar-refractivity contribution is 7.92. The van der Waals surface area contributed by atoms with Crippen LogP contribution in [0.25, 0.3) is 11.8 Å². The zero-order chi connectivity index (χ0) is 31.2.